The normalized spacial score (nSPS) is 20.2. The molecule has 1 N–H and O–H groups in total. The monoisotopic (exact) mass is 347 g/mol. The summed E-state index contributed by atoms with van der Waals surface area (Å²) in [6.07, 6.45) is 3.79. The van der Waals surface area contributed by atoms with Crippen LogP contribution in [0.5, 0.6) is 11.5 Å². The van der Waals surface area contributed by atoms with Gasteiger partial charge in [-0.2, -0.15) is 0 Å². The molecule has 0 amide bonds. The Morgan fingerprint density at radius 2 is 2.04 bits per heavy atom. The van der Waals surface area contributed by atoms with E-state index < -0.39 is 0 Å². The Bertz CT molecular complexity index is 669. The van der Waals surface area contributed by atoms with E-state index in [2.05, 4.69) is 33.4 Å². The van der Waals surface area contributed by atoms with Gasteiger partial charge in [0.05, 0.1) is 0 Å². The molecular weight excluding hydrogens is 326 g/mol. The minimum atomic E-state index is 0. The summed E-state index contributed by atoms with van der Waals surface area (Å²) in [5.74, 6) is 1.71. The number of piperazine rings is 1. The van der Waals surface area contributed by atoms with Crippen molar-refractivity contribution in [2.45, 2.75) is 12.6 Å². The van der Waals surface area contributed by atoms with Crippen molar-refractivity contribution in [3.05, 3.63) is 53.9 Å². The van der Waals surface area contributed by atoms with Crippen molar-refractivity contribution in [2.24, 2.45) is 0 Å². The lowest BCUT2D eigenvalue weighted by Crippen LogP contribution is -2.45. The SMILES string of the molecule is Cl.c1cncc(C2CNCCN2Cc2ccc3c(c2)OCCO3)c1. The molecule has 2 aliphatic rings. The molecule has 5 nitrogen and oxygen atoms in total. The van der Waals surface area contributed by atoms with Gasteiger partial charge in [-0.25, -0.2) is 0 Å². The molecule has 0 radical (unpaired) electrons. The van der Waals surface area contributed by atoms with Crippen molar-refractivity contribution < 1.29 is 9.47 Å². The highest BCUT2D eigenvalue weighted by Crippen LogP contribution is 2.32. The van der Waals surface area contributed by atoms with Crippen molar-refractivity contribution in [1.82, 2.24) is 15.2 Å². The van der Waals surface area contributed by atoms with Crippen LogP contribution in [0.2, 0.25) is 0 Å². The van der Waals surface area contributed by atoms with Crippen molar-refractivity contribution in [3.63, 3.8) is 0 Å². The highest BCUT2D eigenvalue weighted by molar-refractivity contribution is 5.85. The number of halogens is 1. The molecule has 0 spiro atoms. The smallest absolute Gasteiger partial charge is 0.161 e. The number of ether oxygens (including phenoxy) is 2. The lowest BCUT2D eigenvalue weighted by Gasteiger charge is -2.36. The third-order valence-electron chi connectivity index (χ3n) is 4.42. The van der Waals surface area contributed by atoms with Gasteiger partial charge in [-0.05, 0) is 29.3 Å². The highest BCUT2D eigenvalue weighted by atomic mass is 35.5. The van der Waals surface area contributed by atoms with Gasteiger partial charge >= 0.3 is 0 Å². The molecule has 3 heterocycles. The summed E-state index contributed by atoms with van der Waals surface area (Å²) < 4.78 is 11.3. The first-order valence-corrected chi connectivity index (χ1v) is 8.13. The Labute approximate surface area is 148 Å². The van der Waals surface area contributed by atoms with E-state index in [-0.39, 0.29) is 12.4 Å². The second-order valence-corrected chi connectivity index (χ2v) is 5.95. The summed E-state index contributed by atoms with van der Waals surface area (Å²) in [6, 6.07) is 10.8. The van der Waals surface area contributed by atoms with Crippen LogP contribution in [0, 0.1) is 0 Å². The van der Waals surface area contributed by atoms with Crippen LogP contribution in [0.3, 0.4) is 0 Å². The molecule has 0 aliphatic carbocycles. The number of hydrogen-bond donors (Lipinski definition) is 1. The van der Waals surface area contributed by atoms with Gasteiger partial charge in [0.2, 0.25) is 0 Å². The number of rotatable bonds is 3. The van der Waals surface area contributed by atoms with Crippen molar-refractivity contribution in [2.75, 3.05) is 32.8 Å². The van der Waals surface area contributed by atoms with Gasteiger partial charge in [-0.3, -0.25) is 9.88 Å². The van der Waals surface area contributed by atoms with Crippen LogP contribution in [-0.2, 0) is 6.54 Å². The zero-order valence-electron chi connectivity index (χ0n) is 13.5. The fraction of sp³-hybridized carbons (Fsp3) is 0.389. The number of aromatic nitrogens is 1. The summed E-state index contributed by atoms with van der Waals surface area (Å²) in [4.78, 5) is 6.77. The largest absolute Gasteiger partial charge is 0.486 e. The number of fused-ring (bicyclic) bond motifs is 1. The molecule has 0 bridgehead atoms. The lowest BCUT2D eigenvalue weighted by atomic mass is 10.0. The van der Waals surface area contributed by atoms with E-state index in [4.69, 9.17) is 9.47 Å². The molecule has 1 fully saturated rings. The summed E-state index contributed by atoms with van der Waals surface area (Å²) in [5.41, 5.74) is 2.52. The number of nitrogens with zero attached hydrogens (tertiary/aromatic N) is 2. The van der Waals surface area contributed by atoms with Crippen LogP contribution < -0.4 is 14.8 Å². The first-order valence-electron chi connectivity index (χ1n) is 8.13. The van der Waals surface area contributed by atoms with E-state index in [0.29, 0.717) is 19.3 Å². The van der Waals surface area contributed by atoms with Crippen LogP contribution in [-0.4, -0.2) is 42.7 Å². The molecule has 1 unspecified atom stereocenters. The molecule has 1 aromatic heterocycles. The number of hydrogen-bond acceptors (Lipinski definition) is 5. The molecule has 1 atom stereocenters. The van der Waals surface area contributed by atoms with Gasteiger partial charge in [-0.1, -0.05) is 12.1 Å². The van der Waals surface area contributed by atoms with Crippen LogP contribution in [0.15, 0.2) is 42.7 Å². The Morgan fingerprint density at radius 3 is 2.88 bits per heavy atom. The van der Waals surface area contributed by atoms with Crippen molar-refractivity contribution >= 4 is 12.4 Å². The molecule has 2 aliphatic heterocycles. The molecule has 2 aromatic rings. The summed E-state index contributed by atoms with van der Waals surface area (Å²) >= 11 is 0. The Morgan fingerprint density at radius 1 is 1.17 bits per heavy atom. The fourth-order valence-electron chi connectivity index (χ4n) is 3.26. The molecule has 1 saturated heterocycles. The maximum atomic E-state index is 5.70. The fourth-order valence-corrected chi connectivity index (χ4v) is 3.26. The van der Waals surface area contributed by atoms with Crippen LogP contribution in [0.1, 0.15) is 17.2 Å². The van der Waals surface area contributed by atoms with E-state index in [1.165, 1.54) is 11.1 Å². The Balaban J connectivity index is 0.00000169. The highest BCUT2D eigenvalue weighted by Gasteiger charge is 2.24. The molecule has 24 heavy (non-hydrogen) atoms. The van der Waals surface area contributed by atoms with Crippen LogP contribution in [0.4, 0.5) is 0 Å². The van der Waals surface area contributed by atoms with Gasteiger partial charge < -0.3 is 14.8 Å². The predicted octanol–water partition coefficient (Wildman–Crippen LogP) is 2.42. The van der Waals surface area contributed by atoms with E-state index >= 15 is 0 Å². The summed E-state index contributed by atoms with van der Waals surface area (Å²) in [6.45, 7) is 5.15. The van der Waals surface area contributed by atoms with Crippen molar-refractivity contribution in [3.8, 4) is 11.5 Å². The zero-order valence-corrected chi connectivity index (χ0v) is 14.3. The molecule has 1 aromatic carbocycles. The lowest BCUT2D eigenvalue weighted by molar-refractivity contribution is 0.151. The second kappa shape index (κ2) is 7.83. The average molecular weight is 348 g/mol. The Kier molecular flexibility index (Phi) is 5.56. The first kappa shape index (κ1) is 17.0. The van der Waals surface area contributed by atoms with Crippen LogP contribution in [0.25, 0.3) is 0 Å². The van der Waals surface area contributed by atoms with E-state index in [0.717, 1.165) is 37.7 Å². The van der Waals surface area contributed by atoms with E-state index in [9.17, 15) is 0 Å². The van der Waals surface area contributed by atoms with Gasteiger partial charge in [-0.15, -0.1) is 12.4 Å². The molecule has 6 heteroatoms. The van der Waals surface area contributed by atoms with E-state index in [1.54, 1.807) is 0 Å². The average Bonchev–Trinajstić information content (AvgIpc) is 2.63. The van der Waals surface area contributed by atoms with Gasteiger partial charge in [0.25, 0.3) is 0 Å². The molecule has 4 rings (SSSR count). The van der Waals surface area contributed by atoms with Gasteiger partial charge in [0.1, 0.15) is 13.2 Å². The zero-order chi connectivity index (χ0) is 15.5. The predicted molar refractivity (Wildman–Crippen MR) is 94.9 cm³/mol. The number of nitrogens with one attached hydrogen (secondary N) is 1. The van der Waals surface area contributed by atoms with Crippen LogP contribution >= 0.6 is 12.4 Å². The quantitative estimate of drug-likeness (QED) is 0.924. The number of benzene rings is 1. The maximum absolute atomic E-state index is 5.70. The standard InChI is InChI=1S/C18H21N3O2.ClH/c1-2-15(11-19-5-1)16-12-20-6-7-21(16)13-14-3-4-17-18(10-14)23-9-8-22-17;/h1-5,10-11,16,20H,6-9,12-13H2;1H. The van der Waals surface area contributed by atoms with Gasteiger partial charge in [0.15, 0.2) is 11.5 Å². The summed E-state index contributed by atoms with van der Waals surface area (Å²) in [5, 5.41) is 3.48. The van der Waals surface area contributed by atoms with Crippen molar-refractivity contribution in [1.29, 1.82) is 0 Å². The molecular formula is C18H22ClN3O2. The third kappa shape index (κ3) is 3.64. The van der Waals surface area contributed by atoms with Gasteiger partial charge in [0, 0.05) is 44.6 Å². The molecule has 0 saturated carbocycles. The van der Waals surface area contributed by atoms with E-state index in [1.807, 2.05) is 24.5 Å². The Hall–Kier alpha value is -1.82. The number of pyridine rings is 1. The minimum absolute atomic E-state index is 0. The summed E-state index contributed by atoms with van der Waals surface area (Å²) in [7, 11) is 0. The topological polar surface area (TPSA) is 46.6 Å². The third-order valence-corrected chi connectivity index (χ3v) is 4.42. The first-order chi connectivity index (χ1) is 11.4. The second-order valence-electron chi connectivity index (χ2n) is 5.95. The maximum Gasteiger partial charge on any atom is 0.161 e. The molecule has 128 valence electrons. The minimum Gasteiger partial charge on any atom is -0.486 e.